The molecule has 0 N–H and O–H groups in total. The van der Waals surface area contributed by atoms with Crippen LogP contribution in [0.1, 0.15) is 37.1 Å². The Hall–Kier alpha value is -3.36. The summed E-state index contributed by atoms with van der Waals surface area (Å²) in [6, 6.07) is 13.7. The van der Waals surface area contributed by atoms with Gasteiger partial charge in [-0.2, -0.15) is 13.2 Å². The number of hydrogen-bond acceptors (Lipinski definition) is 5. The smallest absolute Gasteiger partial charge is 0.416 e. The molecule has 9 heteroatoms. The van der Waals surface area contributed by atoms with E-state index in [1.165, 1.54) is 12.1 Å². The van der Waals surface area contributed by atoms with Crippen LogP contribution in [0, 0.1) is 0 Å². The standard InChI is InChI=1S/C23H22F3N3O3/c1-15(31-19-7-3-2-4-8-19)22(30)29-13-5-6-17(14-29)21-28-27-20(32-21)16-9-11-18(12-10-16)23(24,25)26/h2-4,7-12,15,17H,5-6,13-14H2,1H3. The lowest BCUT2D eigenvalue weighted by Crippen LogP contribution is -2.45. The van der Waals surface area contributed by atoms with Crippen molar-refractivity contribution in [3.63, 3.8) is 0 Å². The van der Waals surface area contributed by atoms with E-state index >= 15 is 0 Å². The number of rotatable bonds is 5. The van der Waals surface area contributed by atoms with Crippen LogP contribution < -0.4 is 4.74 Å². The quantitative estimate of drug-likeness (QED) is 0.557. The predicted molar refractivity (Wildman–Crippen MR) is 110 cm³/mol. The lowest BCUT2D eigenvalue weighted by molar-refractivity contribution is -0.139. The van der Waals surface area contributed by atoms with E-state index < -0.39 is 17.8 Å². The number of carbonyl (C=O) groups is 1. The van der Waals surface area contributed by atoms with Crippen molar-refractivity contribution in [1.29, 1.82) is 0 Å². The highest BCUT2D eigenvalue weighted by molar-refractivity contribution is 5.81. The molecule has 4 rings (SSSR count). The molecular formula is C23H22F3N3O3. The van der Waals surface area contributed by atoms with Gasteiger partial charge in [0.05, 0.1) is 11.5 Å². The van der Waals surface area contributed by atoms with E-state index in [1.807, 2.05) is 18.2 Å². The number of amides is 1. The number of nitrogens with zero attached hydrogens (tertiary/aromatic N) is 3. The Morgan fingerprint density at radius 2 is 1.84 bits per heavy atom. The molecule has 2 aromatic carbocycles. The molecule has 0 radical (unpaired) electrons. The van der Waals surface area contributed by atoms with Crippen LogP contribution in [-0.4, -0.2) is 40.2 Å². The Balaban J connectivity index is 1.41. The highest BCUT2D eigenvalue weighted by Crippen LogP contribution is 2.32. The first kappa shape index (κ1) is 21.9. The van der Waals surface area contributed by atoms with Gasteiger partial charge < -0.3 is 14.1 Å². The van der Waals surface area contributed by atoms with E-state index in [1.54, 1.807) is 24.0 Å². The van der Waals surface area contributed by atoms with Gasteiger partial charge in [0.1, 0.15) is 5.75 Å². The Bertz CT molecular complexity index is 1050. The third kappa shape index (κ3) is 4.92. The second kappa shape index (κ2) is 9.02. The molecule has 0 bridgehead atoms. The second-order valence-electron chi connectivity index (χ2n) is 7.72. The highest BCUT2D eigenvalue weighted by Gasteiger charge is 2.32. The van der Waals surface area contributed by atoms with Crippen molar-refractivity contribution in [2.24, 2.45) is 0 Å². The number of para-hydroxylation sites is 1. The summed E-state index contributed by atoms with van der Waals surface area (Å²) in [7, 11) is 0. The summed E-state index contributed by atoms with van der Waals surface area (Å²) in [4.78, 5) is 14.6. The summed E-state index contributed by atoms with van der Waals surface area (Å²) >= 11 is 0. The number of benzene rings is 2. The highest BCUT2D eigenvalue weighted by atomic mass is 19.4. The zero-order chi connectivity index (χ0) is 22.7. The number of ether oxygens (including phenoxy) is 1. The molecule has 1 fully saturated rings. The minimum atomic E-state index is -4.40. The average Bonchev–Trinajstić information content (AvgIpc) is 3.29. The monoisotopic (exact) mass is 445 g/mol. The van der Waals surface area contributed by atoms with Crippen LogP contribution in [0.5, 0.6) is 5.75 Å². The summed E-state index contributed by atoms with van der Waals surface area (Å²) < 4.78 is 49.8. The van der Waals surface area contributed by atoms with E-state index in [0.29, 0.717) is 30.3 Å². The topological polar surface area (TPSA) is 68.5 Å². The fourth-order valence-electron chi connectivity index (χ4n) is 3.71. The zero-order valence-corrected chi connectivity index (χ0v) is 17.4. The van der Waals surface area contributed by atoms with Crippen LogP contribution in [-0.2, 0) is 11.0 Å². The fourth-order valence-corrected chi connectivity index (χ4v) is 3.71. The van der Waals surface area contributed by atoms with Crippen LogP contribution in [0.4, 0.5) is 13.2 Å². The van der Waals surface area contributed by atoms with E-state index in [0.717, 1.165) is 25.0 Å². The maximum atomic E-state index is 12.9. The van der Waals surface area contributed by atoms with Crippen molar-refractivity contribution in [3.8, 4) is 17.2 Å². The fraction of sp³-hybridized carbons (Fsp3) is 0.348. The third-order valence-corrected chi connectivity index (χ3v) is 5.39. The Labute approximate surface area is 183 Å². The van der Waals surface area contributed by atoms with E-state index in [9.17, 15) is 18.0 Å². The van der Waals surface area contributed by atoms with Crippen LogP contribution >= 0.6 is 0 Å². The number of likely N-dealkylation sites (tertiary alicyclic amines) is 1. The van der Waals surface area contributed by atoms with Gasteiger partial charge in [0.2, 0.25) is 11.8 Å². The molecule has 1 saturated heterocycles. The van der Waals surface area contributed by atoms with Crippen LogP contribution in [0.25, 0.3) is 11.5 Å². The first-order chi connectivity index (χ1) is 15.3. The number of hydrogen-bond donors (Lipinski definition) is 0. The molecule has 168 valence electrons. The Morgan fingerprint density at radius 1 is 1.12 bits per heavy atom. The molecule has 1 aromatic heterocycles. The van der Waals surface area contributed by atoms with Gasteiger partial charge >= 0.3 is 6.18 Å². The zero-order valence-electron chi connectivity index (χ0n) is 17.4. The van der Waals surface area contributed by atoms with Crippen LogP contribution in [0.15, 0.2) is 59.0 Å². The third-order valence-electron chi connectivity index (χ3n) is 5.39. The lowest BCUT2D eigenvalue weighted by Gasteiger charge is -2.32. The number of alkyl halides is 3. The normalized spacial score (nSPS) is 17.8. The molecule has 1 aliphatic heterocycles. The van der Waals surface area contributed by atoms with Crippen LogP contribution in [0.3, 0.4) is 0 Å². The molecule has 1 amide bonds. The summed E-state index contributed by atoms with van der Waals surface area (Å²) in [5.74, 6) is 0.875. The van der Waals surface area contributed by atoms with Crippen molar-refractivity contribution in [3.05, 3.63) is 66.1 Å². The molecule has 3 aromatic rings. The first-order valence-electron chi connectivity index (χ1n) is 10.3. The van der Waals surface area contributed by atoms with Crippen LogP contribution in [0.2, 0.25) is 0 Å². The molecule has 0 aliphatic carbocycles. The second-order valence-corrected chi connectivity index (χ2v) is 7.72. The Kier molecular flexibility index (Phi) is 6.16. The van der Waals surface area contributed by atoms with E-state index in [2.05, 4.69) is 10.2 Å². The molecule has 0 saturated carbocycles. The van der Waals surface area contributed by atoms with Gasteiger partial charge in [-0.25, -0.2) is 0 Å². The molecule has 2 heterocycles. The molecule has 6 nitrogen and oxygen atoms in total. The summed E-state index contributed by atoms with van der Waals surface area (Å²) in [6.07, 6.45) is -3.50. The summed E-state index contributed by atoms with van der Waals surface area (Å²) in [5, 5.41) is 8.07. The molecule has 1 aliphatic rings. The molecule has 2 atom stereocenters. The first-order valence-corrected chi connectivity index (χ1v) is 10.3. The van der Waals surface area contributed by atoms with Crippen molar-refractivity contribution >= 4 is 5.91 Å². The lowest BCUT2D eigenvalue weighted by atomic mass is 9.97. The van der Waals surface area contributed by atoms with E-state index in [4.69, 9.17) is 9.15 Å². The summed E-state index contributed by atoms with van der Waals surface area (Å²) in [6.45, 7) is 2.74. The molecule has 0 spiro atoms. The number of halogens is 3. The molecular weight excluding hydrogens is 423 g/mol. The number of aromatic nitrogens is 2. The van der Waals surface area contributed by atoms with Gasteiger partial charge in [0.25, 0.3) is 5.91 Å². The van der Waals surface area contributed by atoms with Gasteiger partial charge in [0, 0.05) is 18.7 Å². The maximum absolute atomic E-state index is 12.9. The number of piperidine rings is 1. The Morgan fingerprint density at radius 3 is 2.53 bits per heavy atom. The van der Waals surface area contributed by atoms with Crippen molar-refractivity contribution in [2.45, 2.75) is 38.0 Å². The van der Waals surface area contributed by atoms with E-state index in [-0.39, 0.29) is 17.7 Å². The number of carbonyl (C=O) groups excluding carboxylic acids is 1. The molecule has 2 unspecified atom stereocenters. The van der Waals surface area contributed by atoms with Gasteiger partial charge in [-0.15, -0.1) is 10.2 Å². The van der Waals surface area contributed by atoms with Crippen molar-refractivity contribution in [2.75, 3.05) is 13.1 Å². The minimum Gasteiger partial charge on any atom is -0.481 e. The summed E-state index contributed by atoms with van der Waals surface area (Å²) in [5.41, 5.74) is -0.334. The van der Waals surface area contributed by atoms with Gasteiger partial charge in [-0.05, 0) is 56.2 Å². The van der Waals surface area contributed by atoms with Gasteiger partial charge in [-0.3, -0.25) is 4.79 Å². The SMILES string of the molecule is CC(Oc1ccccc1)C(=O)N1CCCC(c2nnc(-c3ccc(C(F)(F)F)cc3)o2)C1. The predicted octanol–water partition coefficient (Wildman–Crippen LogP) is 4.93. The van der Waals surface area contributed by atoms with Gasteiger partial charge in [-0.1, -0.05) is 18.2 Å². The largest absolute Gasteiger partial charge is 0.481 e. The maximum Gasteiger partial charge on any atom is 0.416 e. The minimum absolute atomic E-state index is 0.124. The average molecular weight is 445 g/mol. The van der Waals surface area contributed by atoms with Gasteiger partial charge in [0.15, 0.2) is 6.10 Å². The van der Waals surface area contributed by atoms with Crippen molar-refractivity contribution < 1.29 is 27.1 Å². The van der Waals surface area contributed by atoms with Crippen molar-refractivity contribution in [1.82, 2.24) is 15.1 Å². The molecule has 32 heavy (non-hydrogen) atoms.